The van der Waals surface area contributed by atoms with Crippen LogP contribution in [0.3, 0.4) is 0 Å². The van der Waals surface area contributed by atoms with Crippen LogP contribution in [0.25, 0.3) is 0 Å². The van der Waals surface area contributed by atoms with Gasteiger partial charge in [0.2, 0.25) is 0 Å². The van der Waals surface area contributed by atoms with Gasteiger partial charge in [0, 0.05) is 0 Å². The zero-order valence-corrected chi connectivity index (χ0v) is 9.53. The Bertz CT molecular complexity index is 221. The smallest absolute Gasteiger partial charge is 0.127 e. The van der Waals surface area contributed by atoms with Gasteiger partial charge in [0.15, 0.2) is 0 Å². The standard InChI is InChI=1S/C10H17NSi/c1-9(2)11(3)12-10-7-5-4-6-8-10/h4-9H,12H2,1-3H3. The van der Waals surface area contributed by atoms with Crippen molar-refractivity contribution in [3.8, 4) is 0 Å². The lowest BCUT2D eigenvalue weighted by Gasteiger charge is -2.20. The molecule has 0 aliphatic rings. The molecular weight excluding hydrogens is 162 g/mol. The Hall–Kier alpha value is -0.603. The van der Waals surface area contributed by atoms with Crippen molar-refractivity contribution in [2.24, 2.45) is 0 Å². The average Bonchev–Trinajstić information content (AvgIpc) is 2.06. The first-order valence-corrected chi connectivity index (χ1v) is 5.78. The topological polar surface area (TPSA) is 3.24 Å². The van der Waals surface area contributed by atoms with Crippen LogP contribution in [-0.4, -0.2) is 27.3 Å². The van der Waals surface area contributed by atoms with Crippen LogP contribution < -0.4 is 5.19 Å². The number of benzene rings is 1. The predicted molar refractivity (Wildman–Crippen MR) is 57.5 cm³/mol. The van der Waals surface area contributed by atoms with E-state index in [9.17, 15) is 0 Å². The molecule has 0 bridgehead atoms. The molecule has 0 aromatic heterocycles. The van der Waals surface area contributed by atoms with Crippen LogP contribution in [-0.2, 0) is 0 Å². The molecule has 0 atom stereocenters. The van der Waals surface area contributed by atoms with Crippen molar-refractivity contribution >= 4 is 14.9 Å². The van der Waals surface area contributed by atoms with Gasteiger partial charge in [0.05, 0.1) is 0 Å². The molecule has 0 aliphatic carbocycles. The number of nitrogens with zero attached hydrogens (tertiary/aromatic N) is 1. The van der Waals surface area contributed by atoms with Gasteiger partial charge in [0.25, 0.3) is 0 Å². The van der Waals surface area contributed by atoms with Gasteiger partial charge in [-0.1, -0.05) is 44.2 Å². The van der Waals surface area contributed by atoms with Crippen LogP contribution in [0.1, 0.15) is 13.8 Å². The van der Waals surface area contributed by atoms with Crippen LogP contribution >= 0.6 is 0 Å². The Morgan fingerprint density at radius 2 is 1.75 bits per heavy atom. The lowest BCUT2D eigenvalue weighted by molar-refractivity contribution is 0.446. The summed E-state index contributed by atoms with van der Waals surface area (Å²) in [4.78, 5) is 0. The van der Waals surface area contributed by atoms with E-state index < -0.39 is 0 Å². The molecule has 0 saturated heterocycles. The summed E-state index contributed by atoms with van der Waals surface area (Å²) >= 11 is 0. The fraction of sp³-hybridized carbons (Fsp3) is 0.400. The van der Waals surface area contributed by atoms with Crippen LogP contribution in [0.4, 0.5) is 0 Å². The molecule has 0 saturated carbocycles. The lowest BCUT2D eigenvalue weighted by atomic mass is 10.4. The molecule has 0 N–H and O–H groups in total. The Morgan fingerprint density at radius 1 is 1.17 bits per heavy atom. The first-order valence-electron chi connectivity index (χ1n) is 4.44. The van der Waals surface area contributed by atoms with E-state index in [0.717, 1.165) is 0 Å². The molecule has 1 aromatic carbocycles. The Kier molecular flexibility index (Phi) is 3.50. The Balaban J connectivity index is 2.53. The summed E-state index contributed by atoms with van der Waals surface area (Å²) in [7, 11) is 2.01. The van der Waals surface area contributed by atoms with Crippen molar-refractivity contribution in [1.82, 2.24) is 4.57 Å². The minimum absolute atomic E-state index is 0.201. The van der Waals surface area contributed by atoms with Gasteiger partial charge >= 0.3 is 0 Å². The third-order valence-electron chi connectivity index (χ3n) is 2.16. The van der Waals surface area contributed by atoms with E-state index in [-0.39, 0.29) is 9.68 Å². The molecular formula is C10H17NSi. The second-order valence-corrected chi connectivity index (χ2v) is 5.62. The lowest BCUT2D eigenvalue weighted by Crippen LogP contribution is -2.37. The van der Waals surface area contributed by atoms with Crippen LogP contribution in [0.2, 0.25) is 0 Å². The second-order valence-electron chi connectivity index (χ2n) is 3.49. The van der Waals surface area contributed by atoms with Crippen LogP contribution in [0, 0.1) is 0 Å². The molecule has 66 valence electrons. The van der Waals surface area contributed by atoms with Crippen LogP contribution in [0.15, 0.2) is 30.3 Å². The van der Waals surface area contributed by atoms with E-state index in [1.165, 1.54) is 5.19 Å². The molecule has 1 aromatic rings. The Labute approximate surface area is 77.3 Å². The second kappa shape index (κ2) is 4.43. The summed E-state index contributed by atoms with van der Waals surface area (Å²) in [6.45, 7) is 4.49. The molecule has 0 spiro atoms. The first kappa shape index (κ1) is 9.48. The predicted octanol–water partition coefficient (Wildman–Crippen LogP) is 0.736. The Morgan fingerprint density at radius 3 is 2.25 bits per heavy atom. The third-order valence-corrected chi connectivity index (χ3v) is 4.22. The zero-order valence-electron chi connectivity index (χ0n) is 8.12. The first-order chi connectivity index (χ1) is 5.70. The molecule has 12 heavy (non-hydrogen) atoms. The maximum absolute atomic E-state index is 2.47. The van der Waals surface area contributed by atoms with Gasteiger partial charge < -0.3 is 4.57 Å². The van der Waals surface area contributed by atoms with E-state index in [0.29, 0.717) is 6.04 Å². The van der Waals surface area contributed by atoms with E-state index >= 15 is 0 Å². The van der Waals surface area contributed by atoms with Crippen molar-refractivity contribution in [1.29, 1.82) is 0 Å². The van der Waals surface area contributed by atoms with Crippen molar-refractivity contribution < 1.29 is 0 Å². The van der Waals surface area contributed by atoms with E-state index in [4.69, 9.17) is 0 Å². The molecule has 1 rings (SSSR count). The normalized spacial score (nSPS) is 12.1. The molecule has 0 amide bonds. The van der Waals surface area contributed by atoms with Crippen LogP contribution in [0.5, 0.6) is 0 Å². The van der Waals surface area contributed by atoms with Gasteiger partial charge in [0.1, 0.15) is 9.68 Å². The minimum Gasteiger partial charge on any atom is -0.325 e. The fourth-order valence-corrected chi connectivity index (χ4v) is 2.48. The number of rotatable bonds is 3. The van der Waals surface area contributed by atoms with Gasteiger partial charge in [-0.05, 0) is 18.3 Å². The molecule has 0 fully saturated rings. The molecule has 0 unspecified atom stereocenters. The highest BCUT2D eigenvalue weighted by atomic mass is 28.2. The van der Waals surface area contributed by atoms with Crippen molar-refractivity contribution in [3.05, 3.63) is 30.3 Å². The maximum atomic E-state index is 2.47. The maximum Gasteiger partial charge on any atom is 0.127 e. The van der Waals surface area contributed by atoms with E-state index in [2.05, 4.69) is 55.8 Å². The highest BCUT2D eigenvalue weighted by molar-refractivity contribution is 6.50. The fourth-order valence-electron chi connectivity index (χ4n) is 1.05. The van der Waals surface area contributed by atoms with Crippen molar-refractivity contribution in [3.63, 3.8) is 0 Å². The van der Waals surface area contributed by atoms with Gasteiger partial charge in [-0.2, -0.15) is 0 Å². The largest absolute Gasteiger partial charge is 0.325 e. The third kappa shape index (κ3) is 2.79. The minimum atomic E-state index is -0.201. The van der Waals surface area contributed by atoms with Gasteiger partial charge in [-0.15, -0.1) is 0 Å². The van der Waals surface area contributed by atoms with Gasteiger partial charge in [-0.3, -0.25) is 0 Å². The average molecular weight is 179 g/mol. The molecule has 0 heterocycles. The summed E-state index contributed by atoms with van der Waals surface area (Å²) in [6.07, 6.45) is 0. The summed E-state index contributed by atoms with van der Waals surface area (Å²) in [6, 6.07) is 11.5. The molecule has 0 radical (unpaired) electrons. The van der Waals surface area contributed by atoms with Crippen molar-refractivity contribution in [2.45, 2.75) is 19.9 Å². The van der Waals surface area contributed by atoms with E-state index in [1.807, 2.05) is 0 Å². The number of hydrogen-bond acceptors (Lipinski definition) is 1. The number of hydrogen-bond donors (Lipinski definition) is 0. The highest BCUT2D eigenvalue weighted by Gasteiger charge is 2.03. The summed E-state index contributed by atoms with van der Waals surface area (Å²) < 4.78 is 2.47. The van der Waals surface area contributed by atoms with Crippen molar-refractivity contribution in [2.75, 3.05) is 7.05 Å². The quantitative estimate of drug-likeness (QED) is 0.619. The molecule has 0 aliphatic heterocycles. The zero-order chi connectivity index (χ0) is 8.97. The summed E-state index contributed by atoms with van der Waals surface area (Å²) in [5.41, 5.74) is 0. The highest BCUT2D eigenvalue weighted by Crippen LogP contribution is 1.90. The van der Waals surface area contributed by atoms with E-state index in [1.54, 1.807) is 0 Å². The summed E-state index contributed by atoms with van der Waals surface area (Å²) in [5.74, 6) is 0. The monoisotopic (exact) mass is 179 g/mol. The van der Waals surface area contributed by atoms with Gasteiger partial charge in [-0.25, -0.2) is 0 Å². The summed E-state index contributed by atoms with van der Waals surface area (Å²) in [5, 5.41) is 1.52. The SMILES string of the molecule is CC(C)N(C)[SiH2]c1ccccc1. The molecule has 2 heteroatoms. The molecule has 1 nitrogen and oxygen atoms in total.